The normalized spacial score (nSPS) is 10.9. The zero-order chi connectivity index (χ0) is 9.45. The molecule has 0 spiro atoms. The molecule has 0 atom stereocenters. The van der Waals surface area contributed by atoms with Crippen LogP contribution in [0.3, 0.4) is 0 Å². The summed E-state index contributed by atoms with van der Waals surface area (Å²) in [6.07, 6.45) is 1.77. The van der Waals surface area contributed by atoms with E-state index in [4.69, 9.17) is 14.2 Å². The second-order valence-corrected chi connectivity index (χ2v) is 2.02. The van der Waals surface area contributed by atoms with E-state index in [1.54, 1.807) is 0 Å². The molecule has 0 aliphatic rings. The molecular formula is C7H13NO4. The lowest BCUT2D eigenvalue weighted by Gasteiger charge is -2.27. The molecule has 0 saturated carbocycles. The van der Waals surface area contributed by atoms with Crippen molar-refractivity contribution >= 4 is 6.08 Å². The number of rotatable bonds is 6. The van der Waals surface area contributed by atoms with Gasteiger partial charge in [0, 0.05) is 27.8 Å². The summed E-state index contributed by atoms with van der Waals surface area (Å²) in [5.74, 6) is -1.10. The first kappa shape index (κ1) is 11.3. The Hall–Kier alpha value is -0.740. The molecule has 0 aromatic rings. The van der Waals surface area contributed by atoms with Gasteiger partial charge in [-0.25, -0.2) is 9.79 Å². The fourth-order valence-corrected chi connectivity index (χ4v) is 0.795. The maximum atomic E-state index is 9.74. The molecule has 0 aliphatic heterocycles. The van der Waals surface area contributed by atoms with Crippen molar-refractivity contribution in [3.63, 3.8) is 0 Å². The Labute approximate surface area is 71.3 Å². The minimum atomic E-state index is -1.10. The summed E-state index contributed by atoms with van der Waals surface area (Å²) >= 11 is 0. The molecule has 0 amide bonds. The van der Waals surface area contributed by atoms with Crippen LogP contribution >= 0.6 is 0 Å². The molecule has 0 N–H and O–H groups in total. The van der Waals surface area contributed by atoms with Gasteiger partial charge in [0.25, 0.3) is 5.97 Å². The SMILES string of the molecule is COC(CCN=C=O)(OC)OC. The highest BCUT2D eigenvalue weighted by molar-refractivity contribution is 5.32. The summed E-state index contributed by atoms with van der Waals surface area (Å²) in [4.78, 5) is 13.1. The number of aliphatic imine (C=N–C) groups is 1. The van der Waals surface area contributed by atoms with E-state index >= 15 is 0 Å². The van der Waals surface area contributed by atoms with Crippen molar-refractivity contribution in [1.29, 1.82) is 0 Å². The van der Waals surface area contributed by atoms with Gasteiger partial charge in [-0.2, -0.15) is 0 Å². The Morgan fingerprint density at radius 2 is 1.75 bits per heavy atom. The summed E-state index contributed by atoms with van der Waals surface area (Å²) in [6, 6.07) is 0. The van der Waals surface area contributed by atoms with Gasteiger partial charge in [-0.3, -0.25) is 0 Å². The zero-order valence-corrected chi connectivity index (χ0v) is 7.49. The number of carbonyl (C=O) groups excluding carboxylic acids is 1. The summed E-state index contributed by atoms with van der Waals surface area (Å²) in [6.45, 7) is 0.263. The van der Waals surface area contributed by atoms with Gasteiger partial charge in [-0.15, -0.1) is 0 Å². The lowest BCUT2D eigenvalue weighted by atomic mass is 10.3. The van der Waals surface area contributed by atoms with Crippen molar-refractivity contribution in [2.24, 2.45) is 4.99 Å². The van der Waals surface area contributed by atoms with Crippen molar-refractivity contribution in [3.05, 3.63) is 0 Å². The van der Waals surface area contributed by atoms with Crippen LogP contribution in [0.25, 0.3) is 0 Å². The molecule has 12 heavy (non-hydrogen) atoms. The van der Waals surface area contributed by atoms with E-state index in [9.17, 15) is 4.79 Å². The molecule has 0 aliphatic carbocycles. The van der Waals surface area contributed by atoms with Gasteiger partial charge in [-0.1, -0.05) is 0 Å². The number of methoxy groups -OCH3 is 3. The van der Waals surface area contributed by atoms with Crippen LogP contribution in [0.4, 0.5) is 0 Å². The third-order valence-electron chi connectivity index (χ3n) is 1.53. The minimum absolute atomic E-state index is 0.263. The zero-order valence-electron chi connectivity index (χ0n) is 7.49. The number of isocyanates is 1. The molecule has 0 rings (SSSR count). The Morgan fingerprint density at radius 3 is 2.08 bits per heavy atom. The first-order valence-corrected chi connectivity index (χ1v) is 3.43. The van der Waals surface area contributed by atoms with Crippen LogP contribution in [0.1, 0.15) is 6.42 Å². The second-order valence-electron chi connectivity index (χ2n) is 2.02. The number of hydrogen-bond donors (Lipinski definition) is 0. The highest BCUT2D eigenvalue weighted by atomic mass is 16.9. The molecular weight excluding hydrogens is 162 g/mol. The summed E-state index contributed by atoms with van der Waals surface area (Å²) in [5.41, 5.74) is 0. The fourth-order valence-electron chi connectivity index (χ4n) is 0.795. The number of ether oxygens (including phenoxy) is 3. The van der Waals surface area contributed by atoms with E-state index in [-0.39, 0.29) is 6.54 Å². The van der Waals surface area contributed by atoms with Crippen LogP contribution in [0, 0.1) is 0 Å². The van der Waals surface area contributed by atoms with Gasteiger partial charge in [0.2, 0.25) is 6.08 Å². The van der Waals surface area contributed by atoms with E-state index < -0.39 is 5.97 Å². The molecule has 70 valence electrons. The van der Waals surface area contributed by atoms with E-state index in [2.05, 4.69) is 4.99 Å². The Bertz CT molecular complexity index is 153. The van der Waals surface area contributed by atoms with Crippen molar-refractivity contribution in [1.82, 2.24) is 0 Å². The van der Waals surface area contributed by atoms with Crippen LogP contribution in [0.2, 0.25) is 0 Å². The van der Waals surface area contributed by atoms with E-state index in [1.165, 1.54) is 27.4 Å². The second kappa shape index (κ2) is 5.85. The molecule has 5 heteroatoms. The van der Waals surface area contributed by atoms with E-state index in [1.807, 2.05) is 0 Å². The molecule has 0 saturated heterocycles. The predicted molar refractivity (Wildman–Crippen MR) is 41.4 cm³/mol. The van der Waals surface area contributed by atoms with Crippen LogP contribution in [-0.4, -0.2) is 39.9 Å². The lowest BCUT2D eigenvalue weighted by Crippen LogP contribution is -2.36. The van der Waals surface area contributed by atoms with Crippen molar-refractivity contribution in [3.8, 4) is 0 Å². The maximum Gasteiger partial charge on any atom is 0.283 e. The standard InChI is InChI=1S/C7H13NO4/c1-10-7(11-2,12-3)4-5-8-6-9/h4-5H2,1-3H3. The third kappa shape index (κ3) is 3.11. The highest BCUT2D eigenvalue weighted by Gasteiger charge is 2.28. The van der Waals surface area contributed by atoms with Crippen LogP contribution in [-0.2, 0) is 19.0 Å². The first-order chi connectivity index (χ1) is 5.74. The Morgan fingerprint density at radius 1 is 1.25 bits per heavy atom. The van der Waals surface area contributed by atoms with Gasteiger partial charge < -0.3 is 14.2 Å². The molecule has 0 bridgehead atoms. The molecule has 5 nitrogen and oxygen atoms in total. The quantitative estimate of drug-likeness (QED) is 0.331. The minimum Gasteiger partial charge on any atom is -0.331 e. The number of hydrogen-bond acceptors (Lipinski definition) is 5. The Balaban J connectivity index is 4.00. The third-order valence-corrected chi connectivity index (χ3v) is 1.53. The van der Waals surface area contributed by atoms with E-state index in [0.717, 1.165) is 0 Å². The van der Waals surface area contributed by atoms with Gasteiger partial charge in [0.15, 0.2) is 0 Å². The molecule has 0 unspecified atom stereocenters. The van der Waals surface area contributed by atoms with Crippen LogP contribution in [0.15, 0.2) is 4.99 Å². The average Bonchev–Trinajstić information content (AvgIpc) is 2.14. The molecule has 0 fully saturated rings. The number of nitrogens with zero attached hydrogens (tertiary/aromatic N) is 1. The lowest BCUT2D eigenvalue weighted by molar-refractivity contribution is -0.353. The first-order valence-electron chi connectivity index (χ1n) is 3.43. The van der Waals surface area contributed by atoms with Gasteiger partial charge >= 0.3 is 0 Å². The van der Waals surface area contributed by atoms with Gasteiger partial charge in [0.1, 0.15) is 0 Å². The largest absolute Gasteiger partial charge is 0.331 e. The monoisotopic (exact) mass is 175 g/mol. The average molecular weight is 175 g/mol. The summed E-state index contributed by atoms with van der Waals surface area (Å²) < 4.78 is 14.8. The van der Waals surface area contributed by atoms with Crippen molar-refractivity contribution in [2.45, 2.75) is 12.4 Å². The fraction of sp³-hybridized carbons (Fsp3) is 0.857. The van der Waals surface area contributed by atoms with Crippen LogP contribution in [0.5, 0.6) is 0 Å². The Kier molecular flexibility index (Phi) is 5.49. The van der Waals surface area contributed by atoms with Crippen molar-refractivity contribution < 1.29 is 19.0 Å². The summed E-state index contributed by atoms with van der Waals surface area (Å²) in [5, 5.41) is 0. The van der Waals surface area contributed by atoms with Gasteiger partial charge in [-0.05, 0) is 0 Å². The molecule has 0 aromatic heterocycles. The van der Waals surface area contributed by atoms with Crippen LogP contribution < -0.4 is 0 Å². The van der Waals surface area contributed by atoms with Crippen molar-refractivity contribution in [2.75, 3.05) is 27.9 Å². The molecule has 0 heterocycles. The predicted octanol–water partition coefficient (Wildman–Crippen LogP) is 0.305. The smallest absolute Gasteiger partial charge is 0.283 e. The summed E-state index contributed by atoms with van der Waals surface area (Å²) in [7, 11) is 4.37. The molecule has 0 radical (unpaired) electrons. The maximum absolute atomic E-state index is 9.74. The molecule has 0 aromatic carbocycles. The van der Waals surface area contributed by atoms with Gasteiger partial charge in [0.05, 0.1) is 6.54 Å². The topological polar surface area (TPSA) is 57.1 Å². The highest BCUT2D eigenvalue weighted by Crippen LogP contribution is 2.16. The van der Waals surface area contributed by atoms with E-state index in [0.29, 0.717) is 6.42 Å².